The van der Waals surface area contributed by atoms with Gasteiger partial charge in [-0.1, -0.05) is 87.8 Å². The number of aromatic nitrogens is 5. The number of ether oxygens (including phenoxy) is 4. The van der Waals surface area contributed by atoms with Gasteiger partial charge in [0.05, 0.1) is 44.8 Å². The van der Waals surface area contributed by atoms with Gasteiger partial charge in [-0.15, -0.1) is 0 Å². The Labute approximate surface area is 677 Å². The largest absolute Gasteiger partial charge is 0.494 e. The number of fused-ring (bicyclic) bond motifs is 3. The molecule has 0 radical (unpaired) electrons. The van der Waals surface area contributed by atoms with E-state index in [-0.39, 0.29) is 38.7 Å². The molecule has 6 heterocycles. The molecule has 1 aliphatic rings. The van der Waals surface area contributed by atoms with Crippen molar-refractivity contribution in [2.75, 3.05) is 52.4 Å². The van der Waals surface area contributed by atoms with Crippen molar-refractivity contribution < 1.29 is 73.3 Å². The molecule has 0 atom stereocenters. The molecule has 4 amide bonds. The number of hydrogen-bond acceptors (Lipinski definition) is 15. The zero-order chi connectivity index (χ0) is 81.6. The molecule has 0 spiro atoms. The minimum absolute atomic E-state index is 0.0664. The molecule has 1 aliphatic heterocycles. The van der Waals surface area contributed by atoms with Crippen molar-refractivity contribution in [3.8, 4) is 17.2 Å². The minimum atomic E-state index is -4.37. The Morgan fingerprint density at radius 1 is 0.464 bits per heavy atom. The number of carbonyl (C=O) groups excluding carboxylic acids is 4. The van der Waals surface area contributed by atoms with E-state index in [2.05, 4.69) is 19.4 Å². The van der Waals surface area contributed by atoms with Crippen LogP contribution in [-0.4, -0.2) is 141 Å². The fourth-order valence-electron chi connectivity index (χ4n) is 13.2. The molecule has 1 saturated heterocycles. The van der Waals surface area contributed by atoms with E-state index in [4.69, 9.17) is 88.6 Å². The van der Waals surface area contributed by atoms with Gasteiger partial charge in [-0.25, -0.2) is 27.4 Å². The monoisotopic (exact) mass is 1710 g/mol. The summed E-state index contributed by atoms with van der Waals surface area (Å²) in [5.74, 6) is -1.85. The second kappa shape index (κ2) is 35.9. The highest BCUT2D eigenvalue weighted by atomic mass is 35.5. The first-order valence-electron chi connectivity index (χ1n) is 35.0. The van der Waals surface area contributed by atoms with Crippen molar-refractivity contribution in [3.05, 3.63) is 224 Å². The molecule has 11 aromatic rings. The number of carbonyl (C=O) groups is 5. The summed E-state index contributed by atoms with van der Waals surface area (Å²) >= 11 is 37.1. The molecule has 34 heteroatoms. The topological polar surface area (TPSA) is 331 Å². The van der Waals surface area contributed by atoms with Gasteiger partial charge in [0.25, 0.3) is 43.7 Å². The summed E-state index contributed by atoms with van der Waals surface area (Å²) in [5.41, 5.74) is 9.91. The maximum Gasteiger partial charge on any atom is 0.352 e. The smallest absolute Gasteiger partial charge is 0.352 e. The fraction of sp³-hybridized carbons (Fsp3) is 0.295. The van der Waals surface area contributed by atoms with Crippen molar-refractivity contribution in [1.82, 2.24) is 42.7 Å². The van der Waals surface area contributed by atoms with E-state index in [0.717, 1.165) is 94.3 Å². The third-order valence-electron chi connectivity index (χ3n) is 18.6. The molecular formula is C78H81Cl6N9O16S3. The number of carboxylic acids is 1. The van der Waals surface area contributed by atoms with Gasteiger partial charge in [0.15, 0.2) is 10.1 Å². The second-order valence-corrected chi connectivity index (χ2v) is 34.3. The van der Waals surface area contributed by atoms with Gasteiger partial charge >= 0.3 is 5.97 Å². The van der Waals surface area contributed by atoms with Gasteiger partial charge in [0.2, 0.25) is 10.0 Å². The second-order valence-electron chi connectivity index (χ2n) is 26.9. The minimum Gasteiger partial charge on any atom is -0.494 e. The molecular weight excluding hydrogens is 1630 g/mol. The molecule has 1 fully saturated rings. The third-order valence-corrected chi connectivity index (χ3v) is 24.5. The lowest BCUT2D eigenvalue weighted by Gasteiger charge is -2.27. The average Bonchev–Trinajstić information content (AvgIpc) is 1.61. The molecule has 0 unspecified atom stereocenters. The summed E-state index contributed by atoms with van der Waals surface area (Å²) in [7, 11) is -7.91. The number of benzene rings is 6. The molecule has 0 saturated carbocycles. The molecule has 25 nitrogen and oxygen atoms in total. The van der Waals surface area contributed by atoms with E-state index in [1.54, 1.807) is 65.0 Å². The highest BCUT2D eigenvalue weighted by molar-refractivity contribution is 7.90. The van der Waals surface area contributed by atoms with Crippen LogP contribution in [0.15, 0.2) is 125 Å². The summed E-state index contributed by atoms with van der Waals surface area (Å²) in [6.45, 7) is 14.3. The van der Waals surface area contributed by atoms with Gasteiger partial charge in [0.1, 0.15) is 45.7 Å². The molecule has 594 valence electrons. The maximum absolute atomic E-state index is 13.5. The first-order valence-corrected chi connectivity index (χ1v) is 42.1. The zero-order valence-corrected chi connectivity index (χ0v) is 69.5. The predicted octanol–water partition coefficient (Wildman–Crippen LogP) is 15.1. The van der Waals surface area contributed by atoms with Crippen LogP contribution in [0.1, 0.15) is 122 Å². The average molecular weight is 1710 g/mol. The lowest BCUT2D eigenvalue weighted by molar-refractivity contribution is 0.0296. The number of halogens is 6. The summed E-state index contributed by atoms with van der Waals surface area (Å²) in [6, 6.07) is 31.9. The van der Waals surface area contributed by atoms with E-state index in [9.17, 15) is 54.3 Å². The number of sulfonamides is 3. The fourth-order valence-corrected chi connectivity index (χ4v) is 16.8. The number of aromatic carboxylic acids is 1. The van der Waals surface area contributed by atoms with Crippen molar-refractivity contribution in [2.45, 2.75) is 90.1 Å². The molecule has 6 N–H and O–H groups in total. The van der Waals surface area contributed by atoms with Crippen LogP contribution in [0, 0.1) is 41.5 Å². The van der Waals surface area contributed by atoms with E-state index in [0.29, 0.717) is 149 Å². The van der Waals surface area contributed by atoms with Gasteiger partial charge in [-0.05, 0) is 227 Å². The SMILES string of the molecule is Cc1cc(OCCCc2c(C(=O)NS(=O)(=O)c3ccc(C(=O)N4CCOCC4)n3C)[nH]c3cc(Cl)ccc23)cc(C)c1Cl.Cc1cc(OCCCc2c(C(=O)NS(=O)(=O)c3ccc(C(=O)O)n3C)[nH]c3cc(Cl)ccc23)cc(C)c1Cl.Cc1cc(OCCCc2c(C(=O)NS(C)(=O)=O)n(C)c3cc(Cl)ccc23)cc(C)c1Cl. The van der Waals surface area contributed by atoms with E-state index in [1.807, 2.05) is 88.7 Å². The number of nitrogens with one attached hydrogen (secondary N) is 5. The number of rotatable bonds is 25. The zero-order valence-electron chi connectivity index (χ0n) is 62.5. The molecule has 6 aromatic carbocycles. The van der Waals surface area contributed by atoms with Crippen molar-refractivity contribution in [1.29, 1.82) is 0 Å². The molecule has 0 bridgehead atoms. The standard InChI is InChI=1S/C30H32Cl2N4O6S.C26H25Cl2N3O6S.C22H24Cl2N2O4S/c1-18-15-21(16-19(2)27(18)32)42-12-4-5-23-22-7-6-20(31)17-24(22)33-28(23)29(37)34-43(39,40)26-9-8-25(35(26)3)30(38)36-10-13-41-14-11-36;1-14-11-17(12-15(2)23(14)28)37-10-4-5-19-18-7-6-16(27)13-20(18)29-24(19)25(32)30-38(35,36)22-9-8-21(26(33)34)31(22)3;1-13-10-16(11-14(2)20(13)24)30-9-5-6-18-17-8-7-15(23)12-19(17)26(3)21(18)22(27)25-31(4,28)29/h6-9,15-17,33H,4-5,10-14H2,1-3H3,(H,34,37);6-9,11-13,29H,4-5,10H2,1-3H3,(H,30,32)(H,33,34);7-8,10-12H,5-6,9H2,1-4H3,(H,25,27). The van der Waals surface area contributed by atoms with Crippen LogP contribution in [-0.2, 0) is 75.2 Å². The van der Waals surface area contributed by atoms with E-state index in [1.165, 1.54) is 30.8 Å². The van der Waals surface area contributed by atoms with Gasteiger partial charge < -0.3 is 52.6 Å². The van der Waals surface area contributed by atoms with Crippen LogP contribution in [0.2, 0.25) is 30.1 Å². The third kappa shape index (κ3) is 20.0. The molecule has 0 aliphatic carbocycles. The van der Waals surface area contributed by atoms with Crippen LogP contribution in [0.4, 0.5) is 0 Å². The number of aromatic amines is 2. The maximum atomic E-state index is 13.5. The highest BCUT2D eigenvalue weighted by Gasteiger charge is 2.32. The predicted molar refractivity (Wildman–Crippen MR) is 435 cm³/mol. The number of H-pyrrole nitrogens is 2. The summed E-state index contributed by atoms with van der Waals surface area (Å²) in [6.07, 6.45) is 4.02. The van der Waals surface area contributed by atoms with Crippen LogP contribution in [0.5, 0.6) is 17.2 Å². The Balaban J connectivity index is 0.000000181. The van der Waals surface area contributed by atoms with Crippen LogP contribution >= 0.6 is 69.6 Å². The first kappa shape index (κ1) is 85.2. The number of morpholine rings is 1. The number of nitrogens with zero attached hydrogens (tertiary/aromatic N) is 4. The number of carboxylic acid groups (broad SMARTS) is 1. The highest BCUT2D eigenvalue weighted by Crippen LogP contribution is 2.35. The van der Waals surface area contributed by atoms with Crippen LogP contribution < -0.4 is 28.4 Å². The summed E-state index contributed by atoms with van der Waals surface area (Å²) in [5, 5.41) is 14.6. The van der Waals surface area contributed by atoms with E-state index < -0.39 is 53.8 Å². The Bertz CT molecular complexity index is 5800. The molecule has 5 aromatic heterocycles. The number of hydrogen-bond donors (Lipinski definition) is 6. The molecule has 112 heavy (non-hydrogen) atoms. The Morgan fingerprint density at radius 3 is 1.21 bits per heavy atom. The van der Waals surface area contributed by atoms with Crippen LogP contribution in [0.25, 0.3) is 32.7 Å². The quantitative estimate of drug-likeness (QED) is 0.0290. The lowest BCUT2D eigenvalue weighted by Crippen LogP contribution is -2.41. The van der Waals surface area contributed by atoms with Gasteiger partial charge in [-0.3, -0.25) is 19.2 Å². The first-order chi connectivity index (χ1) is 52.8. The van der Waals surface area contributed by atoms with Gasteiger partial charge in [0, 0.05) is 91.6 Å². The van der Waals surface area contributed by atoms with Crippen LogP contribution in [0.3, 0.4) is 0 Å². The number of amides is 4. The van der Waals surface area contributed by atoms with Crippen molar-refractivity contribution in [2.24, 2.45) is 21.1 Å². The number of aryl methyl sites for hydroxylation is 10. The summed E-state index contributed by atoms with van der Waals surface area (Å²) < 4.78 is 109. The Kier molecular flexibility index (Phi) is 27.3. The Morgan fingerprint density at radius 2 is 0.830 bits per heavy atom. The lowest BCUT2D eigenvalue weighted by atomic mass is 10.1. The van der Waals surface area contributed by atoms with Gasteiger partial charge in [-0.2, -0.15) is 16.8 Å². The summed E-state index contributed by atoms with van der Waals surface area (Å²) in [4.78, 5) is 71.3. The normalized spacial score (nSPS) is 12.5. The Hall–Kier alpha value is -9.20. The molecule has 12 rings (SSSR count). The van der Waals surface area contributed by atoms with E-state index >= 15 is 0 Å². The van der Waals surface area contributed by atoms with Crippen molar-refractivity contribution in [3.63, 3.8) is 0 Å². The van der Waals surface area contributed by atoms with Crippen molar-refractivity contribution >= 4 is 162 Å².